The van der Waals surface area contributed by atoms with E-state index in [1.807, 2.05) is 24.4 Å². The van der Waals surface area contributed by atoms with Gasteiger partial charge in [0.15, 0.2) is 0 Å². The number of aromatic nitrogens is 1. The molecule has 1 aliphatic rings. The Morgan fingerprint density at radius 3 is 2.90 bits per heavy atom. The molecule has 0 aliphatic carbocycles. The molecule has 1 aromatic heterocycles. The van der Waals surface area contributed by atoms with Gasteiger partial charge in [0.1, 0.15) is 0 Å². The van der Waals surface area contributed by atoms with Crippen molar-refractivity contribution in [3.8, 4) is 0 Å². The van der Waals surface area contributed by atoms with Crippen molar-refractivity contribution in [1.82, 2.24) is 9.88 Å². The van der Waals surface area contributed by atoms with Crippen LogP contribution in [-0.2, 0) is 0 Å². The average Bonchev–Trinajstić information content (AvgIpc) is 2.93. The third kappa shape index (κ3) is 2.70. The number of nitrogens with zero attached hydrogens (tertiary/aromatic N) is 2. The van der Waals surface area contributed by atoms with Crippen LogP contribution in [0, 0.1) is 0 Å². The normalized spacial score (nSPS) is 17.4. The van der Waals surface area contributed by atoms with E-state index >= 15 is 0 Å². The average molecular weight is 270 g/mol. The first-order chi connectivity index (χ1) is 9.74. The number of nitrogens with one attached hydrogen (secondary N) is 1. The van der Waals surface area contributed by atoms with Gasteiger partial charge in [0.2, 0.25) is 0 Å². The van der Waals surface area contributed by atoms with E-state index < -0.39 is 0 Å². The van der Waals surface area contributed by atoms with Gasteiger partial charge in [0, 0.05) is 29.9 Å². The summed E-state index contributed by atoms with van der Waals surface area (Å²) in [6, 6.07) is 8.40. The van der Waals surface area contributed by atoms with Crippen LogP contribution in [0.2, 0.25) is 0 Å². The molecular formula is C16H22N4. The Bertz CT molecular complexity index is 590. The van der Waals surface area contributed by atoms with Crippen molar-refractivity contribution >= 4 is 22.3 Å². The second-order valence-corrected chi connectivity index (χ2v) is 5.66. The minimum atomic E-state index is 0.417. The van der Waals surface area contributed by atoms with Crippen LogP contribution in [0.1, 0.15) is 19.8 Å². The van der Waals surface area contributed by atoms with Gasteiger partial charge >= 0.3 is 0 Å². The molecule has 4 nitrogen and oxygen atoms in total. The molecule has 0 spiro atoms. The van der Waals surface area contributed by atoms with Gasteiger partial charge in [0.05, 0.1) is 11.2 Å². The summed E-state index contributed by atoms with van der Waals surface area (Å²) in [6.07, 6.45) is 4.49. The Balaban J connectivity index is 1.78. The SMILES string of the molecule is CC(CN1CCCC1)Nc1ccnc2c(N)cccc12. The molecule has 1 aliphatic heterocycles. The van der Waals surface area contributed by atoms with Gasteiger partial charge in [-0.1, -0.05) is 12.1 Å². The zero-order valence-corrected chi connectivity index (χ0v) is 12.0. The smallest absolute Gasteiger partial charge is 0.0951 e. The summed E-state index contributed by atoms with van der Waals surface area (Å²) in [5.74, 6) is 0. The molecule has 0 radical (unpaired) electrons. The Morgan fingerprint density at radius 1 is 1.30 bits per heavy atom. The first-order valence-corrected chi connectivity index (χ1v) is 7.36. The van der Waals surface area contributed by atoms with Gasteiger partial charge in [-0.3, -0.25) is 4.98 Å². The molecule has 3 N–H and O–H groups in total. The number of hydrogen-bond acceptors (Lipinski definition) is 4. The first-order valence-electron chi connectivity index (χ1n) is 7.36. The molecule has 2 heterocycles. The Labute approximate surface area is 120 Å². The number of pyridine rings is 1. The van der Waals surface area contributed by atoms with Crippen molar-refractivity contribution in [3.05, 3.63) is 30.5 Å². The van der Waals surface area contributed by atoms with E-state index in [4.69, 9.17) is 5.73 Å². The van der Waals surface area contributed by atoms with E-state index in [2.05, 4.69) is 28.2 Å². The van der Waals surface area contributed by atoms with Crippen LogP contribution >= 0.6 is 0 Å². The predicted octanol–water partition coefficient (Wildman–Crippen LogP) is 2.71. The van der Waals surface area contributed by atoms with Crippen LogP contribution in [0.25, 0.3) is 10.9 Å². The zero-order chi connectivity index (χ0) is 13.9. The summed E-state index contributed by atoms with van der Waals surface area (Å²) in [6.45, 7) is 5.79. The third-order valence-corrected chi connectivity index (χ3v) is 3.93. The maximum Gasteiger partial charge on any atom is 0.0951 e. The molecule has 2 aromatic rings. The van der Waals surface area contributed by atoms with E-state index in [-0.39, 0.29) is 0 Å². The van der Waals surface area contributed by atoms with Crippen LogP contribution in [0.5, 0.6) is 0 Å². The summed E-state index contributed by atoms with van der Waals surface area (Å²) in [7, 11) is 0. The van der Waals surface area contributed by atoms with E-state index in [0.29, 0.717) is 6.04 Å². The van der Waals surface area contributed by atoms with Gasteiger partial charge in [-0.15, -0.1) is 0 Å². The molecule has 1 atom stereocenters. The molecule has 3 rings (SSSR count). The number of likely N-dealkylation sites (tertiary alicyclic amines) is 1. The van der Waals surface area contributed by atoms with E-state index in [1.54, 1.807) is 0 Å². The molecule has 1 unspecified atom stereocenters. The molecule has 1 saturated heterocycles. The summed E-state index contributed by atoms with van der Waals surface area (Å²) in [4.78, 5) is 6.90. The molecule has 20 heavy (non-hydrogen) atoms. The third-order valence-electron chi connectivity index (χ3n) is 3.93. The van der Waals surface area contributed by atoms with Gasteiger partial charge < -0.3 is 16.0 Å². The number of hydrogen-bond donors (Lipinski definition) is 2. The predicted molar refractivity (Wildman–Crippen MR) is 84.9 cm³/mol. The lowest BCUT2D eigenvalue weighted by atomic mass is 10.1. The molecule has 0 saturated carbocycles. The second kappa shape index (κ2) is 5.67. The van der Waals surface area contributed by atoms with Crippen LogP contribution in [0.4, 0.5) is 11.4 Å². The highest BCUT2D eigenvalue weighted by Gasteiger charge is 2.15. The fourth-order valence-electron chi connectivity index (χ4n) is 2.99. The number of benzene rings is 1. The molecule has 1 aromatic carbocycles. The minimum Gasteiger partial charge on any atom is -0.397 e. The highest BCUT2D eigenvalue weighted by atomic mass is 15.2. The zero-order valence-electron chi connectivity index (χ0n) is 12.0. The number of fused-ring (bicyclic) bond motifs is 1. The molecule has 1 fully saturated rings. The van der Waals surface area contributed by atoms with E-state index in [9.17, 15) is 0 Å². The van der Waals surface area contributed by atoms with Crippen molar-refractivity contribution in [2.24, 2.45) is 0 Å². The minimum absolute atomic E-state index is 0.417. The molecule has 4 heteroatoms. The van der Waals surface area contributed by atoms with Crippen LogP contribution in [0.15, 0.2) is 30.5 Å². The lowest BCUT2D eigenvalue weighted by Gasteiger charge is -2.22. The van der Waals surface area contributed by atoms with Crippen LogP contribution in [0.3, 0.4) is 0 Å². The number of nitrogen functional groups attached to an aromatic ring is 1. The summed E-state index contributed by atoms with van der Waals surface area (Å²) in [5, 5.41) is 4.70. The number of rotatable bonds is 4. The van der Waals surface area contributed by atoms with Crippen LogP contribution < -0.4 is 11.1 Å². The number of para-hydroxylation sites is 1. The summed E-state index contributed by atoms with van der Waals surface area (Å²) in [5.41, 5.74) is 8.72. The first kappa shape index (κ1) is 13.2. The molecule has 0 bridgehead atoms. The lowest BCUT2D eigenvalue weighted by molar-refractivity contribution is 0.328. The Morgan fingerprint density at radius 2 is 2.10 bits per heavy atom. The van der Waals surface area contributed by atoms with Crippen molar-refractivity contribution < 1.29 is 0 Å². The maximum absolute atomic E-state index is 5.99. The standard InChI is InChI=1S/C16H22N4/c1-12(11-20-9-2-3-10-20)19-15-7-8-18-16-13(15)5-4-6-14(16)17/h4-8,12H,2-3,9-11,17H2,1H3,(H,18,19). The number of nitrogens with two attached hydrogens (primary N) is 1. The summed E-state index contributed by atoms with van der Waals surface area (Å²) >= 11 is 0. The lowest BCUT2D eigenvalue weighted by Crippen LogP contribution is -2.33. The summed E-state index contributed by atoms with van der Waals surface area (Å²) < 4.78 is 0. The Hall–Kier alpha value is -1.81. The van der Waals surface area contributed by atoms with Crippen LogP contribution in [-0.4, -0.2) is 35.6 Å². The highest BCUT2D eigenvalue weighted by molar-refractivity contribution is 5.97. The largest absolute Gasteiger partial charge is 0.397 e. The Kier molecular flexibility index (Phi) is 3.74. The fourth-order valence-corrected chi connectivity index (χ4v) is 2.99. The van der Waals surface area contributed by atoms with E-state index in [1.165, 1.54) is 25.9 Å². The van der Waals surface area contributed by atoms with E-state index in [0.717, 1.165) is 28.8 Å². The molecule has 0 amide bonds. The fraction of sp³-hybridized carbons (Fsp3) is 0.438. The molecular weight excluding hydrogens is 248 g/mol. The van der Waals surface area contributed by atoms with Gasteiger partial charge in [0.25, 0.3) is 0 Å². The topological polar surface area (TPSA) is 54.2 Å². The molecule has 106 valence electrons. The number of anilines is 2. The quantitative estimate of drug-likeness (QED) is 0.839. The van der Waals surface area contributed by atoms with Crippen molar-refractivity contribution in [2.45, 2.75) is 25.8 Å². The second-order valence-electron chi connectivity index (χ2n) is 5.66. The monoisotopic (exact) mass is 270 g/mol. The maximum atomic E-state index is 5.99. The van der Waals surface area contributed by atoms with Gasteiger partial charge in [-0.2, -0.15) is 0 Å². The van der Waals surface area contributed by atoms with Gasteiger partial charge in [-0.05, 0) is 45.0 Å². The van der Waals surface area contributed by atoms with Crippen molar-refractivity contribution in [1.29, 1.82) is 0 Å². The highest BCUT2D eigenvalue weighted by Crippen LogP contribution is 2.26. The van der Waals surface area contributed by atoms with Crippen molar-refractivity contribution in [3.63, 3.8) is 0 Å². The van der Waals surface area contributed by atoms with Crippen molar-refractivity contribution in [2.75, 3.05) is 30.7 Å². The van der Waals surface area contributed by atoms with Gasteiger partial charge in [-0.25, -0.2) is 0 Å².